The Morgan fingerprint density at radius 1 is 1.17 bits per heavy atom. The van der Waals surface area contributed by atoms with Gasteiger partial charge < -0.3 is 10.1 Å². The summed E-state index contributed by atoms with van der Waals surface area (Å²) < 4.78 is 18.8. The number of halogens is 3. The van der Waals surface area contributed by atoms with Crippen molar-refractivity contribution in [2.24, 2.45) is 0 Å². The molecule has 0 unspecified atom stereocenters. The van der Waals surface area contributed by atoms with Crippen molar-refractivity contribution in [1.82, 2.24) is 0 Å². The van der Waals surface area contributed by atoms with Crippen molar-refractivity contribution in [3.63, 3.8) is 0 Å². The molecular formula is C17H14Cl2FNO3. The molecule has 0 aliphatic rings. The van der Waals surface area contributed by atoms with Crippen molar-refractivity contribution in [3.8, 4) is 5.75 Å². The number of carbonyl (C=O) groups excluding carboxylic acids is 2. The number of hydrogen-bond donors (Lipinski definition) is 1. The van der Waals surface area contributed by atoms with Crippen molar-refractivity contribution < 1.29 is 18.7 Å². The van der Waals surface area contributed by atoms with Crippen LogP contribution >= 0.6 is 23.2 Å². The Hall–Kier alpha value is -2.11. The Labute approximate surface area is 148 Å². The summed E-state index contributed by atoms with van der Waals surface area (Å²) in [4.78, 5) is 23.8. The summed E-state index contributed by atoms with van der Waals surface area (Å²) in [5.41, 5.74) is 0.331. The van der Waals surface area contributed by atoms with E-state index in [2.05, 4.69) is 5.32 Å². The van der Waals surface area contributed by atoms with E-state index in [0.717, 1.165) is 12.1 Å². The van der Waals surface area contributed by atoms with Gasteiger partial charge in [-0.25, -0.2) is 4.39 Å². The van der Waals surface area contributed by atoms with Gasteiger partial charge in [0.05, 0.1) is 21.3 Å². The average molecular weight is 370 g/mol. The van der Waals surface area contributed by atoms with Crippen LogP contribution < -0.4 is 10.1 Å². The van der Waals surface area contributed by atoms with E-state index < -0.39 is 17.8 Å². The van der Waals surface area contributed by atoms with E-state index in [1.165, 1.54) is 19.9 Å². The minimum atomic E-state index is -0.957. The number of carbonyl (C=O) groups is 2. The number of ketones is 1. The molecule has 126 valence electrons. The van der Waals surface area contributed by atoms with Crippen molar-refractivity contribution in [2.75, 3.05) is 5.32 Å². The third kappa shape index (κ3) is 4.24. The standard InChI is InChI=1S/C17H14Cl2FNO3/c1-9(22)12-8-11(20)6-7-15(12)24-10(2)17(23)21-16-13(18)4-3-5-14(16)19/h3-8,10H,1-2H3,(H,21,23)/t10-/m0/s1. The van der Waals surface area contributed by atoms with Gasteiger partial charge in [0.1, 0.15) is 11.6 Å². The van der Waals surface area contributed by atoms with Crippen molar-refractivity contribution in [2.45, 2.75) is 20.0 Å². The van der Waals surface area contributed by atoms with Crippen LogP contribution in [0, 0.1) is 5.82 Å². The van der Waals surface area contributed by atoms with Crippen LogP contribution in [-0.4, -0.2) is 17.8 Å². The lowest BCUT2D eigenvalue weighted by molar-refractivity contribution is -0.122. The van der Waals surface area contributed by atoms with Gasteiger partial charge in [0.25, 0.3) is 5.91 Å². The number of amides is 1. The average Bonchev–Trinajstić information content (AvgIpc) is 2.52. The third-order valence-corrected chi connectivity index (χ3v) is 3.83. The zero-order valence-corrected chi connectivity index (χ0v) is 14.4. The van der Waals surface area contributed by atoms with E-state index in [1.54, 1.807) is 18.2 Å². The van der Waals surface area contributed by atoms with Crippen molar-refractivity contribution >= 4 is 40.6 Å². The molecule has 0 bridgehead atoms. The number of benzene rings is 2. The second-order valence-electron chi connectivity index (χ2n) is 5.04. The number of nitrogens with one attached hydrogen (secondary N) is 1. The Morgan fingerprint density at radius 2 is 1.79 bits per heavy atom. The number of para-hydroxylation sites is 1. The first-order chi connectivity index (χ1) is 11.3. The highest BCUT2D eigenvalue weighted by Crippen LogP contribution is 2.30. The zero-order chi connectivity index (χ0) is 17.9. The number of Topliss-reactive ketones (excluding diaryl/α,β-unsaturated/α-hetero) is 1. The highest BCUT2D eigenvalue weighted by Gasteiger charge is 2.20. The topological polar surface area (TPSA) is 55.4 Å². The van der Waals surface area contributed by atoms with E-state index in [-0.39, 0.29) is 32.8 Å². The Bertz CT molecular complexity index is 775. The molecule has 0 saturated carbocycles. The van der Waals surface area contributed by atoms with E-state index >= 15 is 0 Å². The molecule has 0 saturated heterocycles. The molecule has 1 N–H and O–H groups in total. The predicted molar refractivity (Wildman–Crippen MR) is 91.6 cm³/mol. The molecule has 0 aliphatic carbocycles. The Balaban J connectivity index is 2.17. The molecule has 0 heterocycles. The second kappa shape index (κ2) is 7.64. The molecule has 1 atom stereocenters. The van der Waals surface area contributed by atoms with Crippen LogP contribution in [0.3, 0.4) is 0 Å². The lowest BCUT2D eigenvalue weighted by Crippen LogP contribution is -2.30. The van der Waals surface area contributed by atoms with Gasteiger partial charge in [-0.1, -0.05) is 29.3 Å². The largest absolute Gasteiger partial charge is 0.480 e. The predicted octanol–water partition coefficient (Wildman–Crippen LogP) is 4.74. The molecule has 2 rings (SSSR count). The van der Waals surface area contributed by atoms with Gasteiger partial charge in [0.2, 0.25) is 0 Å². The highest BCUT2D eigenvalue weighted by molar-refractivity contribution is 6.39. The number of rotatable bonds is 5. The van der Waals surface area contributed by atoms with Gasteiger partial charge in [-0.05, 0) is 44.2 Å². The number of ether oxygens (including phenoxy) is 1. The van der Waals surface area contributed by atoms with E-state index in [0.29, 0.717) is 0 Å². The maximum absolute atomic E-state index is 13.3. The van der Waals surface area contributed by atoms with Crippen molar-refractivity contribution in [1.29, 1.82) is 0 Å². The fraction of sp³-hybridized carbons (Fsp3) is 0.176. The summed E-state index contributed by atoms with van der Waals surface area (Å²) in [6.45, 7) is 2.78. The highest BCUT2D eigenvalue weighted by atomic mass is 35.5. The smallest absolute Gasteiger partial charge is 0.265 e. The van der Waals surface area contributed by atoms with Crippen LogP contribution in [0.15, 0.2) is 36.4 Å². The summed E-state index contributed by atoms with van der Waals surface area (Å²) >= 11 is 12.0. The Kier molecular flexibility index (Phi) is 5.80. The third-order valence-electron chi connectivity index (χ3n) is 3.20. The molecular weight excluding hydrogens is 356 g/mol. The van der Waals surface area contributed by atoms with Crippen molar-refractivity contribution in [3.05, 3.63) is 57.8 Å². The molecule has 0 radical (unpaired) electrons. The normalized spacial score (nSPS) is 11.7. The van der Waals surface area contributed by atoms with Gasteiger partial charge in [-0.2, -0.15) is 0 Å². The first-order valence-corrected chi connectivity index (χ1v) is 7.77. The van der Waals surface area contributed by atoms with Crippen LogP contribution in [0.4, 0.5) is 10.1 Å². The molecule has 7 heteroatoms. The molecule has 0 aromatic heterocycles. The molecule has 24 heavy (non-hydrogen) atoms. The van der Waals surface area contributed by atoms with Crippen LogP contribution in [0.1, 0.15) is 24.2 Å². The zero-order valence-electron chi connectivity index (χ0n) is 12.9. The first kappa shape index (κ1) is 18.2. The van der Waals surface area contributed by atoms with E-state index in [4.69, 9.17) is 27.9 Å². The number of hydrogen-bond acceptors (Lipinski definition) is 3. The van der Waals surface area contributed by atoms with Gasteiger partial charge in [0.15, 0.2) is 11.9 Å². The van der Waals surface area contributed by atoms with Crippen LogP contribution in [0.2, 0.25) is 10.0 Å². The van der Waals surface area contributed by atoms with Crippen LogP contribution in [0.5, 0.6) is 5.75 Å². The monoisotopic (exact) mass is 369 g/mol. The van der Waals surface area contributed by atoms with Gasteiger partial charge in [-0.15, -0.1) is 0 Å². The molecule has 0 fully saturated rings. The maximum Gasteiger partial charge on any atom is 0.265 e. The summed E-state index contributed by atoms with van der Waals surface area (Å²) in [6.07, 6.45) is -0.957. The van der Waals surface area contributed by atoms with E-state index in [9.17, 15) is 14.0 Å². The lowest BCUT2D eigenvalue weighted by atomic mass is 10.1. The Morgan fingerprint density at radius 3 is 2.38 bits per heavy atom. The molecule has 2 aromatic rings. The van der Waals surface area contributed by atoms with E-state index in [1.807, 2.05) is 0 Å². The van der Waals surface area contributed by atoms with Gasteiger partial charge in [0, 0.05) is 0 Å². The number of anilines is 1. The van der Waals surface area contributed by atoms with Crippen LogP contribution in [-0.2, 0) is 4.79 Å². The summed E-state index contributed by atoms with van der Waals surface area (Å²) in [7, 11) is 0. The van der Waals surface area contributed by atoms with Crippen LogP contribution in [0.25, 0.3) is 0 Å². The molecule has 2 aromatic carbocycles. The summed E-state index contributed by atoms with van der Waals surface area (Å²) in [5.74, 6) is -1.32. The maximum atomic E-state index is 13.3. The second-order valence-corrected chi connectivity index (χ2v) is 5.86. The van der Waals surface area contributed by atoms with Gasteiger partial charge in [-0.3, -0.25) is 9.59 Å². The van der Waals surface area contributed by atoms with Gasteiger partial charge >= 0.3 is 0 Å². The molecule has 4 nitrogen and oxygen atoms in total. The summed E-state index contributed by atoms with van der Waals surface area (Å²) in [6, 6.07) is 8.34. The minimum absolute atomic E-state index is 0.0606. The molecule has 0 spiro atoms. The fourth-order valence-electron chi connectivity index (χ4n) is 1.97. The first-order valence-electron chi connectivity index (χ1n) is 7.01. The quantitative estimate of drug-likeness (QED) is 0.774. The minimum Gasteiger partial charge on any atom is -0.480 e. The molecule has 1 amide bonds. The fourth-order valence-corrected chi connectivity index (χ4v) is 2.46. The molecule has 0 aliphatic heterocycles. The SMILES string of the molecule is CC(=O)c1cc(F)ccc1O[C@@H](C)C(=O)Nc1c(Cl)cccc1Cl. The summed E-state index contributed by atoms with van der Waals surface area (Å²) in [5, 5.41) is 3.14. The lowest BCUT2D eigenvalue weighted by Gasteiger charge is -2.17.